The Hall–Kier alpha value is -2.10. The van der Waals surface area contributed by atoms with Crippen molar-refractivity contribution < 1.29 is 19.1 Å². The van der Waals surface area contributed by atoms with E-state index in [2.05, 4.69) is 54.5 Å². The Morgan fingerprint density at radius 1 is 0.810 bits per heavy atom. The summed E-state index contributed by atoms with van der Waals surface area (Å²) in [6.07, 6.45) is 13.6. The fourth-order valence-corrected chi connectivity index (χ4v) is 11.7. The first-order valence-electron chi connectivity index (χ1n) is 16.7. The second-order valence-corrected chi connectivity index (χ2v) is 16.9. The normalized spacial score (nSPS) is 45.7. The molecule has 0 heterocycles. The van der Waals surface area contributed by atoms with Crippen LogP contribution in [0.25, 0.3) is 0 Å². The lowest BCUT2D eigenvalue weighted by Gasteiger charge is -2.71. The second kappa shape index (κ2) is 9.70. The van der Waals surface area contributed by atoms with Crippen molar-refractivity contribution in [3.63, 3.8) is 0 Å². The molecule has 0 N–H and O–H groups in total. The lowest BCUT2D eigenvalue weighted by Crippen LogP contribution is -2.64. The number of hydrogen-bond acceptors (Lipinski definition) is 4. The Morgan fingerprint density at radius 2 is 1.50 bits per heavy atom. The van der Waals surface area contributed by atoms with Gasteiger partial charge in [0.15, 0.2) is 0 Å². The minimum Gasteiger partial charge on any atom is -0.469 e. The lowest BCUT2D eigenvalue weighted by molar-refractivity contribution is -0.203. The van der Waals surface area contributed by atoms with Crippen molar-refractivity contribution in [3.05, 3.63) is 47.5 Å². The largest absolute Gasteiger partial charge is 0.469 e. The first kappa shape index (κ1) is 29.9. The monoisotopic (exact) mass is 574 g/mol. The highest BCUT2D eigenvalue weighted by Crippen LogP contribution is 2.75. The fraction of sp³-hybridized carbons (Fsp3) is 0.737. The number of rotatable bonds is 3. The summed E-state index contributed by atoms with van der Waals surface area (Å²) in [5.41, 5.74) is 2.66. The standard InChI is InChI=1S/C38H54O4/c1-33(2)28-16-19-38(7)29(36(28,5)18-17-30(33)42-31(39)25-12-10-9-11-13-25)15-14-26-27-24-35(4,32(40)41-8)21-20-34(27,3)22-23-37(26,38)6/h9-14,27-30H,15-24H2,1-8H3/t27-,28-,29+,30?,34+,35+,36-,37+,38+/m0/s1. The van der Waals surface area contributed by atoms with E-state index in [1.807, 2.05) is 30.3 Å². The minimum atomic E-state index is -0.390. The molecular weight excluding hydrogens is 520 g/mol. The minimum absolute atomic E-state index is 0.0303. The number of fused-ring (bicyclic) bond motifs is 7. The van der Waals surface area contributed by atoms with Crippen LogP contribution < -0.4 is 0 Å². The number of hydrogen-bond donors (Lipinski definition) is 0. The zero-order valence-corrected chi connectivity index (χ0v) is 27.5. The molecule has 5 aliphatic rings. The van der Waals surface area contributed by atoms with Gasteiger partial charge in [-0.1, -0.05) is 71.4 Å². The molecule has 0 radical (unpaired) electrons. The van der Waals surface area contributed by atoms with Crippen LogP contribution in [0.15, 0.2) is 42.0 Å². The van der Waals surface area contributed by atoms with Crippen LogP contribution in [0.4, 0.5) is 0 Å². The van der Waals surface area contributed by atoms with Gasteiger partial charge in [-0.3, -0.25) is 4.79 Å². The van der Waals surface area contributed by atoms with Gasteiger partial charge in [0.05, 0.1) is 18.1 Å². The van der Waals surface area contributed by atoms with E-state index >= 15 is 0 Å². The third kappa shape index (κ3) is 4.05. The maximum absolute atomic E-state index is 13.1. The first-order valence-corrected chi connectivity index (χ1v) is 16.7. The maximum Gasteiger partial charge on any atom is 0.338 e. The van der Waals surface area contributed by atoms with Gasteiger partial charge in [0.2, 0.25) is 0 Å². The van der Waals surface area contributed by atoms with E-state index in [0.29, 0.717) is 23.3 Å². The molecule has 42 heavy (non-hydrogen) atoms. The summed E-state index contributed by atoms with van der Waals surface area (Å²) in [5, 5.41) is 0. The molecule has 0 amide bonds. The van der Waals surface area contributed by atoms with Crippen LogP contribution in [-0.4, -0.2) is 25.2 Å². The van der Waals surface area contributed by atoms with Crippen LogP contribution in [0.3, 0.4) is 0 Å². The van der Waals surface area contributed by atoms with Gasteiger partial charge in [0, 0.05) is 5.41 Å². The molecule has 1 aromatic carbocycles. The molecule has 6 rings (SSSR count). The summed E-state index contributed by atoms with van der Waals surface area (Å²) < 4.78 is 11.6. The molecule has 4 saturated carbocycles. The third-order valence-electron chi connectivity index (χ3n) is 14.7. The Balaban J connectivity index is 1.30. The van der Waals surface area contributed by atoms with Gasteiger partial charge in [0.25, 0.3) is 0 Å². The van der Waals surface area contributed by atoms with Gasteiger partial charge in [-0.2, -0.15) is 0 Å². The van der Waals surface area contributed by atoms with Gasteiger partial charge >= 0.3 is 11.9 Å². The second-order valence-electron chi connectivity index (χ2n) is 16.9. The molecule has 1 unspecified atom stereocenters. The highest BCUT2D eigenvalue weighted by molar-refractivity contribution is 5.89. The molecule has 0 bridgehead atoms. The molecule has 0 aromatic heterocycles. The van der Waals surface area contributed by atoms with Crippen molar-refractivity contribution in [1.29, 1.82) is 0 Å². The molecule has 4 fully saturated rings. The summed E-state index contributed by atoms with van der Waals surface area (Å²) >= 11 is 0. The van der Waals surface area contributed by atoms with E-state index in [0.717, 1.165) is 38.5 Å². The number of esters is 2. The van der Waals surface area contributed by atoms with Crippen LogP contribution in [-0.2, 0) is 14.3 Å². The smallest absolute Gasteiger partial charge is 0.338 e. The summed E-state index contributed by atoms with van der Waals surface area (Å²) in [6.45, 7) is 17.2. The molecule has 0 aliphatic heterocycles. The third-order valence-corrected chi connectivity index (χ3v) is 14.7. The molecule has 1 aromatic rings. The zero-order valence-electron chi connectivity index (χ0n) is 27.5. The maximum atomic E-state index is 13.1. The number of methoxy groups -OCH3 is 1. The number of carbonyl (C=O) groups is 2. The van der Waals surface area contributed by atoms with E-state index < -0.39 is 0 Å². The summed E-state index contributed by atoms with van der Waals surface area (Å²) in [6, 6.07) is 9.47. The quantitative estimate of drug-likeness (QED) is 0.267. The van der Waals surface area contributed by atoms with E-state index in [9.17, 15) is 9.59 Å². The fourth-order valence-electron chi connectivity index (χ4n) is 11.7. The highest BCUT2D eigenvalue weighted by atomic mass is 16.5. The van der Waals surface area contributed by atoms with Gasteiger partial charge in [-0.05, 0) is 123 Å². The Kier molecular flexibility index (Phi) is 6.92. The molecule has 4 nitrogen and oxygen atoms in total. The molecule has 0 saturated heterocycles. The predicted molar refractivity (Wildman–Crippen MR) is 167 cm³/mol. The first-order chi connectivity index (χ1) is 19.6. The summed E-state index contributed by atoms with van der Waals surface area (Å²) in [7, 11) is 1.55. The Morgan fingerprint density at radius 3 is 2.19 bits per heavy atom. The average Bonchev–Trinajstić information content (AvgIpc) is 2.96. The van der Waals surface area contributed by atoms with Crippen LogP contribution >= 0.6 is 0 Å². The number of allylic oxidation sites excluding steroid dienone is 2. The molecule has 0 spiro atoms. The Bertz CT molecular complexity index is 1280. The molecule has 4 heteroatoms. The predicted octanol–water partition coefficient (Wildman–Crippen LogP) is 9.19. The van der Waals surface area contributed by atoms with Gasteiger partial charge in [0.1, 0.15) is 6.10 Å². The van der Waals surface area contributed by atoms with E-state index in [1.165, 1.54) is 25.7 Å². The number of benzene rings is 1. The van der Waals surface area contributed by atoms with Crippen molar-refractivity contribution >= 4 is 11.9 Å². The van der Waals surface area contributed by atoms with Crippen LogP contribution in [0.1, 0.15) is 123 Å². The van der Waals surface area contributed by atoms with E-state index in [4.69, 9.17) is 9.47 Å². The van der Waals surface area contributed by atoms with Crippen molar-refractivity contribution in [3.8, 4) is 0 Å². The van der Waals surface area contributed by atoms with Crippen LogP contribution in [0.5, 0.6) is 0 Å². The Labute approximate surface area is 254 Å². The van der Waals surface area contributed by atoms with Gasteiger partial charge in [-0.25, -0.2) is 4.79 Å². The molecule has 9 atom stereocenters. The van der Waals surface area contributed by atoms with Crippen molar-refractivity contribution in [2.24, 2.45) is 50.2 Å². The van der Waals surface area contributed by atoms with E-state index in [-0.39, 0.29) is 50.5 Å². The highest BCUT2D eigenvalue weighted by Gasteiger charge is 2.68. The summed E-state index contributed by atoms with van der Waals surface area (Å²) in [4.78, 5) is 26.1. The van der Waals surface area contributed by atoms with Gasteiger partial charge in [-0.15, -0.1) is 0 Å². The van der Waals surface area contributed by atoms with Gasteiger partial charge < -0.3 is 9.47 Å². The molecule has 5 aliphatic carbocycles. The zero-order chi connectivity index (χ0) is 30.3. The topological polar surface area (TPSA) is 52.6 Å². The van der Waals surface area contributed by atoms with Crippen molar-refractivity contribution in [2.75, 3.05) is 7.11 Å². The van der Waals surface area contributed by atoms with Crippen LogP contribution in [0.2, 0.25) is 0 Å². The average molecular weight is 575 g/mol. The lowest BCUT2D eigenvalue weighted by atomic mass is 9.33. The number of ether oxygens (including phenoxy) is 2. The van der Waals surface area contributed by atoms with Crippen molar-refractivity contribution in [1.82, 2.24) is 0 Å². The summed E-state index contributed by atoms with van der Waals surface area (Å²) in [5.74, 6) is 1.34. The molecular formula is C38H54O4. The van der Waals surface area contributed by atoms with Crippen molar-refractivity contribution in [2.45, 2.75) is 119 Å². The molecule has 230 valence electrons. The van der Waals surface area contributed by atoms with E-state index in [1.54, 1.807) is 12.7 Å². The number of carbonyl (C=O) groups excluding carboxylic acids is 2. The SMILES string of the molecule is COC(=O)[C@]1(C)CC[C@]2(C)CC[C@]3(C)C(=CC[C@@H]4[C@@]5(C)CCC(OC(=O)c6ccccc6)C(C)(C)[C@@H]5CC[C@]43C)[C@@H]2C1. The van der Waals surface area contributed by atoms with Crippen LogP contribution in [0, 0.1) is 50.2 Å².